The second kappa shape index (κ2) is 6.04. The second-order valence-electron chi connectivity index (χ2n) is 7.40. The highest BCUT2D eigenvalue weighted by Gasteiger charge is 2.33. The normalized spacial score (nSPS) is 17.8. The Morgan fingerprint density at radius 3 is 2.59 bits per heavy atom. The molecule has 4 heterocycles. The van der Waals surface area contributed by atoms with Crippen LogP contribution < -0.4 is 9.80 Å². The molecule has 5 rings (SSSR count). The molecule has 2 aromatic heterocycles. The van der Waals surface area contributed by atoms with Gasteiger partial charge in [0.25, 0.3) is 0 Å². The summed E-state index contributed by atoms with van der Waals surface area (Å²) in [5.74, 6) is 3.98. The van der Waals surface area contributed by atoms with E-state index in [1.165, 1.54) is 5.52 Å². The van der Waals surface area contributed by atoms with Crippen LogP contribution in [0.15, 0.2) is 30.3 Å². The van der Waals surface area contributed by atoms with Crippen molar-refractivity contribution < 1.29 is 4.79 Å². The van der Waals surface area contributed by atoms with Crippen molar-refractivity contribution in [3.63, 3.8) is 0 Å². The van der Waals surface area contributed by atoms with E-state index in [0.29, 0.717) is 18.2 Å². The quantitative estimate of drug-likeness (QED) is 0.716. The predicted octanol–water partition coefficient (Wildman–Crippen LogP) is 2.40. The van der Waals surface area contributed by atoms with Crippen LogP contribution >= 0.6 is 0 Å². The van der Waals surface area contributed by atoms with E-state index in [2.05, 4.69) is 38.6 Å². The summed E-state index contributed by atoms with van der Waals surface area (Å²) < 4.78 is 2.19. The molecule has 1 amide bonds. The maximum absolute atomic E-state index is 12.1. The number of benzene rings is 1. The first-order valence-electron chi connectivity index (χ1n) is 9.42. The molecule has 7 nitrogen and oxygen atoms in total. The molecule has 2 aliphatic heterocycles. The Kier molecular flexibility index (Phi) is 3.63. The third-order valence-electron chi connectivity index (χ3n) is 5.55. The Morgan fingerprint density at radius 1 is 1.07 bits per heavy atom. The van der Waals surface area contributed by atoms with E-state index < -0.39 is 0 Å². The third kappa shape index (κ3) is 2.65. The number of fused-ring (bicyclic) bond motifs is 1. The van der Waals surface area contributed by atoms with Crippen molar-refractivity contribution in [1.29, 1.82) is 0 Å². The SMILES string of the molecule is Cc1nc(N2CC(c3nc4ccccc4n3C)C2)cc(N2CCCC2=O)n1. The zero-order chi connectivity index (χ0) is 18.5. The van der Waals surface area contributed by atoms with E-state index in [0.717, 1.165) is 49.0 Å². The van der Waals surface area contributed by atoms with Gasteiger partial charge in [0.2, 0.25) is 5.91 Å². The highest BCUT2D eigenvalue weighted by atomic mass is 16.2. The van der Waals surface area contributed by atoms with Crippen LogP contribution in [0.1, 0.15) is 30.4 Å². The van der Waals surface area contributed by atoms with Gasteiger partial charge in [-0.25, -0.2) is 15.0 Å². The van der Waals surface area contributed by atoms with Crippen LogP contribution in [0.3, 0.4) is 0 Å². The molecular formula is C20H22N6O. The first-order chi connectivity index (χ1) is 13.1. The molecule has 0 aliphatic carbocycles. The fourth-order valence-electron chi connectivity index (χ4n) is 4.09. The summed E-state index contributed by atoms with van der Waals surface area (Å²) in [6.45, 7) is 4.38. The fraction of sp³-hybridized carbons (Fsp3) is 0.400. The molecule has 2 fully saturated rings. The number of aromatic nitrogens is 4. The molecule has 0 spiro atoms. The lowest BCUT2D eigenvalue weighted by Crippen LogP contribution is -2.46. The molecule has 138 valence electrons. The van der Waals surface area contributed by atoms with Gasteiger partial charge < -0.3 is 9.47 Å². The van der Waals surface area contributed by atoms with Crippen molar-refractivity contribution in [2.45, 2.75) is 25.7 Å². The predicted molar refractivity (Wildman–Crippen MR) is 104 cm³/mol. The molecular weight excluding hydrogens is 340 g/mol. The summed E-state index contributed by atoms with van der Waals surface area (Å²) in [5.41, 5.74) is 2.21. The van der Waals surface area contributed by atoms with E-state index in [9.17, 15) is 4.79 Å². The van der Waals surface area contributed by atoms with Gasteiger partial charge in [-0.05, 0) is 25.5 Å². The van der Waals surface area contributed by atoms with E-state index in [1.807, 2.05) is 25.1 Å². The largest absolute Gasteiger partial charge is 0.355 e. The monoisotopic (exact) mass is 362 g/mol. The van der Waals surface area contributed by atoms with Gasteiger partial charge in [-0.15, -0.1) is 0 Å². The van der Waals surface area contributed by atoms with E-state index >= 15 is 0 Å². The van der Waals surface area contributed by atoms with Crippen molar-refractivity contribution in [2.24, 2.45) is 7.05 Å². The summed E-state index contributed by atoms with van der Waals surface area (Å²) in [4.78, 5) is 30.0. The topological polar surface area (TPSA) is 67.2 Å². The average Bonchev–Trinajstić information content (AvgIpc) is 3.18. The molecule has 0 atom stereocenters. The number of carbonyl (C=O) groups excluding carboxylic acids is 1. The molecule has 2 aliphatic rings. The summed E-state index contributed by atoms with van der Waals surface area (Å²) >= 11 is 0. The molecule has 27 heavy (non-hydrogen) atoms. The van der Waals surface area contributed by atoms with Crippen LogP contribution in [0.2, 0.25) is 0 Å². The van der Waals surface area contributed by atoms with E-state index in [1.54, 1.807) is 4.90 Å². The lowest BCUT2D eigenvalue weighted by Gasteiger charge is -2.40. The first kappa shape index (κ1) is 16.2. The van der Waals surface area contributed by atoms with Gasteiger partial charge in [0, 0.05) is 39.2 Å². The van der Waals surface area contributed by atoms with Crippen molar-refractivity contribution in [1.82, 2.24) is 19.5 Å². The molecule has 3 aromatic rings. The van der Waals surface area contributed by atoms with Gasteiger partial charge in [-0.2, -0.15) is 0 Å². The summed E-state index contributed by atoms with van der Waals surface area (Å²) in [5, 5.41) is 0. The Hall–Kier alpha value is -2.96. The number of amides is 1. The molecule has 0 radical (unpaired) electrons. The molecule has 0 N–H and O–H groups in total. The fourth-order valence-corrected chi connectivity index (χ4v) is 4.09. The van der Waals surface area contributed by atoms with Crippen LogP contribution in [0.5, 0.6) is 0 Å². The van der Waals surface area contributed by atoms with Crippen LogP contribution in [0, 0.1) is 6.92 Å². The Morgan fingerprint density at radius 2 is 1.85 bits per heavy atom. The summed E-state index contributed by atoms with van der Waals surface area (Å²) in [7, 11) is 2.08. The van der Waals surface area contributed by atoms with Gasteiger partial charge in [0.15, 0.2) is 0 Å². The van der Waals surface area contributed by atoms with Gasteiger partial charge in [-0.1, -0.05) is 12.1 Å². The number of rotatable bonds is 3. The van der Waals surface area contributed by atoms with Crippen molar-refractivity contribution in [3.8, 4) is 0 Å². The Balaban J connectivity index is 1.38. The standard InChI is InChI=1S/C20H22N6O/c1-13-21-17(10-18(22-13)26-9-5-8-19(26)27)25-11-14(12-25)20-23-15-6-3-4-7-16(15)24(20)2/h3-4,6-7,10,14H,5,8-9,11-12H2,1-2H3. The van der Waals surface area contributed by atoms with Gasteiger partial charge in [-0.3, -0.25) is 9.69 Å². The maximum Gasteiger partial charge on any atom is 0.228 e. The summed E-state index contributed by atoms with van der Waals surface area (Å²) in [6.07, 6.45) is 1.51. The minimum atomic E-state index is 0.153. The van der Waals surface area contributed by atoms with Crippen LogP contribution in [0.25, 0.3) is 11.0 Å². The molecule has 2 saturated heterocycles. The minimum Gasteiger partial charge on any atom is -0.355 e. The third-order valence-corrected chi connectivity index (χ3v) is 5.55. The summed E-state index contributed by atoms with van der Waals surface area (Å²) in [6, 6.07) is 10.2. The number of anilines is 2. The number of carbonyl (C=O) groups is 1. The van der Waals surface area contributed by atoms with Gasteiger partial charge >= 0.3 is 0 Å². The highest BCUT2D eigenvalue weighted by Crippen LogP contribution is 2.33. The molecule has 1 aromatic carbocycles. The zero-order valence-electron chi connectivity index (χ0n) is 15.6. The molecule has 0 saturated carbocycles. The van der Waals surface area contributed by atoms with Gasteiger partial charge in [0.1, 0.15) is 23.3 Å². The average molecular weight is 362 g/mol. The van der Waals surface area contributed by atoms with Crippen LogP contribution in [-0.4, -0.2) is 45.1 Å². The number of aryl methyl sites for hydroxylation is 2. The smallest absolute Gasteiger partial charge is 0.228 e. The lowest BCUT2D eigenvalue weighted by molar-refractivity contribution is -0.117. The van der Waals surface area contributed by atoms with Crippen molar-refractivity contribution >= 4 is 28.6 Å². The first-order valence-corrected chi connectivity index (χ1v) is 9.42. The van der Waals surface area contributed by atoms with E-state index in [4.69, 9.17) is 4.98 Å². The number of para-hydroxylation sites is 2. The minimum absolute atomic E-state index is 0.153. The molecule has 7 heteroatoms. The molecule has 0 bridgehead atoms. The van der Waals surface area contributed by atoms with Crippen LogP contribution in [-0.2, 0) is 11.8 Å². The lowest BCUT2D eigenvalue weighted by atomic mass is 9.99. The zero-order valence-corrected chi connectivity index (χ0v) is 15.6. The number of nitrogens with zero attached hydrogens (tertiary/aromatic N) is 6. The Bertz CT molecular complexity index is 1040. The number of hydrogen-bond donors (Lipinski definition) is 0. The molecule has 0 unspecified atom stereocenters. The Labute approximate surface area is 157 Å². The van der Waals surface area contributed by atoms with Crippen molar-refractivity contribution in [2.75, 3.05) is 29.4 Å². The maximum atomic E-state index is 12.1. The van der Waals surface area contributed by atoms with Gasteiger partial charge in [0.05, 0.1) is 17.0 Å². The number of hydrogen-bond acceptors (Lipinski definition) is 5. The second-order valence-corrected chi connectivity index (χ2v) is 7.40. The van der Waals surface area contributed by atoms with E-state index in [-0.39, 0.29) is 5.91 Å². The van der Waals surface area contributed by atoms with Crippen LogP contribution in [0.4, 0.5) is 11.6 Å². The highest BCUT2D eigenvalue weighted by molar-refractivity contribution is 5.94. The van der Waals surface area contributed by atoms with Crippen molar-refractivity contribution in [3.05, 3.63) is 42.0 Å². The number of imidazole rings is 1.